The van der Waals surface area contributed by atoms with Gasteiger partial charge in [-0.15, -0.1) is 0 Å². The molecule has 0 aromatic carbocycles. The van der Waals surface area contributed by atoms with Crippen molar-refractivity contribution in [3.05, 3.63) is 0 Å². The number of hydrogen-bond acceptors (Lipinski definition) is 3. The van der Waals surface area contributed by atoms with Crippen LogP contribution in [0.4, 0.5) is 0 Å². The summed E-state index contributed by atoms with van der Waals surface area (Å²) in [5.74, 6) is 1.55. The SMILES string of the molecule is CCCC(CCN)CCC(=O)N(CC1CCOC1)C1CC1. The first-order chi connectivity index (χ1) is 10.2. The molecule has 122 valence electrons. The normalized spacial score (nSPS) is 23.2. The van der Waals surface area contributed by atoms with Crippen LogP contribution in [0.15, 0.2) is 0 Å². The molecule has 0 radical (unpaired) electrons. The molecule has 4 heteroatoms. The summed E-state index contributed by atoms with van der Waals surface area (Å²) in [6.45, 7) is 5.57. The van der Waals surface area contributed by atoms with Crippen molar-refractivity contribution >= 4 is 5.91 Å². The molecule has 21 heavy (non-hydrogen) atoms. The lowest BCUT2D eigenvalue weighted by Gasteiger charge is -2.26. The van der Waals surface area contributed by atoms with Gasteiger partial charge < -0.3 is 15.4 Å². The summed E-state index contributed by atoms with van der Waals surface area (Å²) in [4.78, 5) is 14.7. The Labute approximate surface area is 129 Å². The monoisotopic (exact) mass is 296 g/mol. The fourth-order valence-electron chi connectivity index (χ4n) is 3.39. The highest BCUT2D eigenvalue weighted by Gasteiger charge is 2.34. The van der Waals surface area contributed by atoms with Crippen LogP contribution in [0.25, 0.3) is 0 Å². The smallest absolute Gasteiger partial charge is 0.222 e. The molecule has 2 atom stereocenters. The van der Waals surface area contributed by atoms with E-state index in [0.29, 0.717) is 30.2 Å². The Kier molecular flexibility index (Phi) is 6.97. The number of carbonyl (C=O) groups is 1. The molecule has 1 heterocycles. The average Bonchev–Trinajstić information content (AvgIpc) is 3.19. The number of ether oxygens (including phenoxy) is 1. The van der Waals surface area contributed by atoms with Crippen LogP contribution in [0.5, 0.6) is 0 Å². The van der Waals surface area contributed by atoms with Crippen LogP contribution in [-0.4, -0.2) is 43.2 Å². The minimum Gasteiger partial charge on any atom is -0.381 e. The van der Waals surface area contributed by atoms with Gasteiger partial charge in [-0.2, -0.15) is 0 Å². The molecule has 2 unspecified atom stereocenters. The first-order valence-electron chi connectivity index (χ1n) is 8.81. The molecule has 2 rings (SSSR count). The maximum atomic E-state index is 12.6. The predicted molar refractivity (Wildman–Crippen MR) is 85.0 cm³/mol. The van der Waals surface area contributed by atoms with Gasteiger partial charge in [0.05, 0.1) is 6.61 Å². The van der Waals surface area contributed by atoms with Gasteiger partial charge in [-0.3, -0.25) is 4.79 Å². The molecule has 0 bridgehead atoms. The summed E-state index contributed by atoms with van der Waals surface area (Å²) in [5, 5.41) is 0. The van der Waals surface area contributed by atoms with E-state index in [-0.39, 0.29) is 0 Å². The fourth-order valence-corrected chi connectivity index (χ4v) is 3.39. The molecule has 0 spiro atoms. The molecule has 2 fully saturated rings. The summed E-state index contributed by atoms with van der Waals surface area (Å²) in [7, 11) is 0. The summed E-state index contributed by atoms with van der Waals surface area (Å²) in [6, 6.07) is 0.525. The predicted octanol–water partition coefficient (Wildman–Crippen LogP) is 2.56. The molecular formula is C17H32N2O2. The Bertz CT molecular complexity index is 306. The van der Waals surface area contributed by atoms with E-state index in [1.54, 1.807) is 0 Å². The Morgan fingerprint density at radius 1 is 1.29 bits per heavy atom. The van der Waals surface area contributed by atoms with Gasteiger partial charge in [-0.25, -0.2) is 0 Å². The van der Waals surface area contributed by atoms with Crippen LogP contribution >= 0.6 is 0 Å². The van der Waals surface area contributed by atoms with Gasteiger partial charge >= 0.3 is 0 Å². The molecule has 2 N–H and O–H groups in total. The zero-order chi connectivity index (χ0) is 15.1. The van der Waals surface area contributed by atoms with Crippen molar-refractivity contribution in [1.82, 2.24) is 4.90 Å². The molecule has 1 aliphatic heterocycles. The van der Waals surface area contributed by atoms with Gasteiger partial charge in [0.15, 0.2) is 0 Å². The molecule has 1 amide bonds. The van der Waals surface area contributed by atoms with Gasteiger partial charge in [0, 0.05) is 31.5 Å². The van der Waals surface area contributed by atoms with E-state index in [2.05, 4.69) is 11.8 Å². The van der Waals surface area contributed by atoms with Crippen LogP contribution in [0.3, 0.4) is 0 Å². The maximum absolute atomic E-state index is 12.6. The second kappa shape index (κ2) is 8.74. The van der Waals surface area contributed by atoms with Crippen LogP contribution in [0, 0.1) is 11.8 Å². The largest absolute Gasteiger partial charge is 0.381 e. The molecule has 0 aromatic rings. The maximum Gasteiger partial charge on any atom is 0.222 e. The third kappa shape index (κ3) is 5.59. The molecular weight excluding hydrogens is 264 g/mol. The van der Waals surface area contributed by atoms with Crippen molar-refractivity contribution in [2.24, 2.45) is 17.6 Å². The van der Waals surface area contributed by atoms with Gasteiger partial charge in [0.1, 0.15) is 0 Å². The number of carbonyl (C=O) groups excluding carboxylic acids is 1. The first-order valence-corrected chi connectivity index (χ1v) is 8.81. The third-order valence-corrected chi connectivity index (χ3v) is 4.83. The summed E-state index contributed by atoms with van der Waals surface area (Å²) in [6.07, 6.45) is 8.65. The Morgan fingerprint density at radius 3 is 2.67 bits per heavy atom. The van der Waals surface area contributed by atoms with Gasteiger partial charge in [0.2, 0.25) is 5.91 Å². The quantitative estimate of drug-likeness (QED) is 0.674. The van der Waals surface area contributed by atoms with Crippen molar-refractivity contribution in [2.45, 2.75) is 64.3 Å². The van der Waals surface area contributed by atoms with E-state index in [1.165, 1.54) is 25.7 Å². The topological polar surface area (TPSA) is 55.6 Å². The number of amides is 1. The van der Waals surface area contributed by atoms with E-state index in [9.17, 15) is 4.79 Å². The number of nitrogens with two attached hydrogens (primary N) is 1. The minimum absolute atomic E-state index is 0.363. The lowest BCUT2D eigenvalue weighted by Crippen LogP contribution is -2.37. The van der Waals surface area contributed by atoms with Crippen molar-refractivity contribution in [3.8, 4) is 0 Å². The zero-order valence-electron chi connectivity index (χ0n) is 13.6. The van der Waals surface area contributed by atoms with E-state index >= 15 is 0 Å². The van der Waals surface area contributed by atoms with E-state index in [4.69, 9.17) is 10.5 Å². The molecule has 0 aromatic heterocycles. The van der Waals surface area contributed by atoms with E-state index < -0.39 is 0 Å². The van der Waals surface area contributed by atoms with Crippen LogP contribution in [0.2, 0.25) is 0 Å². The van der Waals surface area contributed by atoms with Crippen molar-refractivity contribution < 1.29 is 9.53 Å². The Balaban J connectivity index is 1.77. The summed E-state index contributed by atoms with van der Waals surface area (Å²) >= 11 is 0. The third-order valence-electron chi connectivity index (χ3n) is 4.83. The average molecular weight is 296 g/mol. The standard InChI is InChI=1S/C17H32N2O2/c1-2-3-14(8-10-18)4-7-17(20)19(16-5-6-16)12-15-9-11-21-13-15/h14-16H,2-13,18H2,1H3. The molecule has 1 aliphatic carbocycles. The highest BCUT2D eigenvalue weighted by molar-refractivity contribution is 5.76. The van der Waals surface area contributed by atoms with Gasteiger partial charge in [-0.1, -0.05) is 19.8 Å². The van der Waals surface area contributed by atoms with E-state index in [0.717, 1.165) is 45.6 Å². The van der Waals surface area contributed by atoms with Gasteiger partial charge in [-0.05, 0) is 44.6 Å². The lowest BCUT2D eigenvalue weighted by molar-refractivity contribution is -0.132. The lowest BCUT2D eigenvalue weighted by atomic mass is 9.94. The summed E-state index contributed by atoms with van der Waals surface area (Å²) < 4.78 is 5.45. The number of hydrogen-bond donors (Lipinski definition) is 1. The molecule has 1 saturated heterocycles. The van der Waals surface area contributed by atoms with E-state index in [1.807, 2.05) is 0 Å². The zero-order valence-corrected chi connectivity index (χ0v) is 13.6. The fraction of sp³-hybridized carbons (Fsp3) is 0.941. The molecule has 4 nitrogen and oxygen atoms in total. The number of nitrogens with zero attached hydrogens (tertiary/aromatic N) is 1. The van der Waals surface area contributed by atoms with Crippen LogP contribution in [0.1, 0.15) is 58.3 Å². The van der Waals surface area contributed by atoms with Crippen molar-refractivity contribution in [3.63, 3.8) is 0 Å². The van der Waals surface area contributed by atoms with Crippen molar-refractivity contribution in [1.29, 1.82) is 0 Å². The highest BCUT2D eigenvalue weighted by Crippen LogP contribution is 2.30. The summed E-state index contributed by atoms with van der Waals surface area (Å²) in [5.41, 5.74) is 5.68. The number of rotatable bonds is 10. The molecule has 2 aliphatic rings. The van der Waals surface area contributed by atoms with Gasteiger partial charge in [0.25, 0.3) is 0 Å². The Hall–Kier alpha value is -0.610. The van der Waals surface area contributed by atoms with Crippen molar-refractivity contribution in [2.75, 3.05) is 26.3 Å². The molecule has 1 saturated carbocycles. The second-order valence-corrected chi connectivity index (χ2v) is 6.78. The van der Waals surface area contributed by atoms with Crippen LogP contribution in [-0.2, 0) is 9.53 Å². The Morgan fingerprint density at radius 2 is 2.10 bits per heavy atom. The minimum atomic E-state index is 0.363. The first kappa shape index (κ1) is 16.8. The highest BCUT2D eigenvalue weighted by atomic mass is 16.5. The van der Waals surface area contributed by atoms with Crippen LogP contribution < -0.4 is 5.73 Å². The second-order valence-electron chi connectivity index (χ2n) is 6.78.